The molecule has 0 aliphatic carbocycles. The summed E-state index contributed by atoms with van der Waals surface area (Å²) in [5.74, 6) is 0.369. The van der Waals surface area contributed by atoms with Gasteiger partial charge in [-0.3, -0.25) is 4.79 Å². The number of hydrogen-bond donors (Lipinski definition) is 1. The summed E-state index contributed by atoms with van der Waals surface area (Å²) in [7, 11) is 3.90. The maximum atomic E-state index is 13.1. The van der Waals surface area contributed by atoms with E-state index >= 15 is 0 Å². The molecule has 0 amide bonds. The molecule has 144 valence electrons. The van der Waals surface area contributed by atoms with Crippen molar-refractivity contribution in [1.82, 2.24) is 4.90 Å². The second-order valence-electron chi connectivity index (χ2n) is 7.91. The van der Waals surface area contributed by atoms with Gasteiger partial charge in [-0.15, -0.1) is 0 Å². The molecule has 0 fully saturated rings. The summed E-state index contributed by atoms with van der Waals surface area (Å²) in [5, 5.41) is 0. The van der Waals surface area contributed by atoms with Crippen LogP contribution in [0.3, 0.4) is 0 Å². The summed E-state index contributed by atoms with van der Waals surface area (Å²) in [5.41, 5.74) is -0.671. The zero-order valence-electron chi connectivity index (χ0n) is 16.8. The first-order chi connectivity index (χ1) is 12.1. The average Bonchev–Trinajstić information content (AvgIpc) is 2.63. The van der Waals surface area contributed by atoms with Crippen LogP contribution in [0.4, 0.5) is 0 Å². The van der Waals surface area contributed by atoms with E-state index in [9.17, 15) is 4.79 Å². The Balaban J connectivity index is 3.10. The normalized spacial score (nSPS) is 16.4. The number of ether oxygens (including phenoxy) is 1. The lowest BCUT2D eigenvalue weighted by atomic mass is 9.67. The van der Waals surface area contributed by atoms with Crippen molar-refractivity contribution in [3.63, 3.8) is 0 Å². The Labute approximate surface area is 164 Å². The second kappa shape index (κ2) is 9.43. The lowest BCUT2D eigenvalue weighted by Crippen LogP contribution is -2.48. The van der Waals surface area contributed by atoms with E-state index in [2.05, 4.69) is 17.5 Å². The van der Waals surface area contributed by atoms with Gasteiger partial charge in [-0.2, -0.15) is 12.6 Å². The van der Waals surface area contributed by atoms with Crippen LogP contribution in [0.2, 0.25) is 0 Å². The van der Waals surface area contributed by atoms with Crippen LogP contribution < -0.4 is 0 Å². The Kier molecular flexibility index (Phi) is 8.17. The SMILES string of the molecule is [C-]#[N+]C(C)(C)C(C)(CC(CS)c1ccccc1)C(=O)OCC(C)N(C)C. The molecular formula is C21H32N2O2S. The highest BCUT2D eigenvalue weighted by Gasteiger charge is 2.55. The van der Waals surface area contributed by atoms with Gasteiger partial charge in [0, 0.05) is 19.9 Å². The first-order valence-corrected chi connectivity index (χ1v) is 9.60. The van der Waals surface area contributed by atoms with Crippen LogP contribution in [0.15, 0.2) is 30.3 Å². The molecule has 1 aromatic carbocycles. The van der Waals surface area contributed by atoms with E-state index in [-0.39, 0.29) is 17.9 Å². The summed E-state index contributed by atoms with van der Waals surface area (Å²) in [6.07, 6.45) is 0.519. The van der Waals surface area contributed by atoms with Crippen LogP contribution in [0.25, 0.3) is 4.85 Å². The molecule has 0 heterocycles. The average molecular weight is 377 g/mol. The molecule has 0 bridgehead atoms. The Morgan fingerprint density at radius 1 is 1.27 bits per heavy atom. The van der Waals surface area contributed by atoms with Crippen molar-refractivity contribution in [3.05, 3.63) is 47.3 Å². The van der Waals surface area contributed by atoms with E-state index in [1.807, 2.05) is 77.0 Å². The molecule has 0 saturated carbocycles. The highest BCUT2D eigenvalue weighted by molar-refractivity contribution is 7.80. The van der Waals surface area contributed by atoms with E-state index in [1.54, 1.807) is 0 Å². The first kappa shape index (κ1) is 22.5. The van der Waals surface area contributed by atoms with Crippen LogP contribution in [-0.4, -0.2) is 48.9 Å². The highest BCUT2D eigenvalue weighted by Crippen LogP contribution is 2.44. The molecule has 0 aromatic heterocycles. The van der Waals surface area contributed by atoms with Gasteiger partial charge in [-0.25, -0.2) is 6.57 Å². The monoisotopic (exact) mass is 376 g/mol. The van der Waals surface area contributed by atoms with Gasteiger partial charge in [-0.05, 0) is 51.6 Å². The number of rotatable bonds is 9. The summed E-state index contributed by atoms with van der Waals surface area (Å²) in [4.78, 5) is 18.8. The van der Waals surface area contributed by atoms with Crippen molar-refractivity contribution < 1.29 is 9.53 Å². The molecule has 26 heavy (non-hydrogen) atoms. The van der Waals surface area contributed by atoms with E-state index in [1.165, 1.54) is 0 Å². The summed E-state index contributed by atoms with van der Waals surface area (Å²) in [6, 6.07) is 10.2. The summed E-state index contributed by atoms with van der Waals surface area (Å²) in [6.45, 7) is 15.4. The topological polar surface area (TPSA) is 33.9 Å². The first-order valence-electron chi connectivity index (χ1n) is 8.97. The molecule has 3 atom stereocenters. The minimum atomic E-state index is -0.927. The molecule has 0 spiro atoms. The van der Waals surface area contributed by atoms with Crippen molar-refractivity contribution in [1.29, 1.82) is 0 Å². The fourth-order valence-corrected chi connectivity index (χ4v) is 3.06. The minimum absolute atomic E-state index is 0.0735. The maximum Gasteiger partial charge on any atom is 0.320 e. The fraction of sp³-hybridized carbons (Fsp3) is 0.619. The molecule has 4 nitrogen and oxygen atoms in total. The standard InChI is InChI=1S/C21H32N2O2S/c1-16(23(6)7)14-25-19(24)21(4,20(2,3)22-5)13-18(15-26)17-11-9-8-10-12-17/h8-12,16,18,26H,13-15H2,1-4,6-7H3. The van der Waals surface area contributed by atoms with E-state index < -0.39 is 11.0 Å². The molecule has 0 N–H and O–H groups in total. The Morgan fingerprint density at radius 3 is 2.31 bits per heavy atom. The fourth-order valence-electron chi connectivity index (χ4n) is 2.72. The number of hydrogen-bond acceptors (Lipinski definition) is 4. The molecule has 3 unspecified atom stereocenters. The van der Waals surface area contributed by atoms with Crippen LogP contribution in [0.5, 0.6) is 0 Å². The third-order valence-corrected chi connectivity index (χ3v) is 6.00. The number of carbonyl (C=O) groups is 1. The molecule has 1 aromatic rings. The van der Waals surface area contributed by atoms with Gasteiger partial charge in [0.25, 0.3) is 0 Å². The Bertz CT molecular complexity index is 625. The van der Waals surface area contributed by atoms with E-state index in [0.29, 0.717) is 18.8 Å². The minimum Gasteiger partial charge on any atom is -0.463 e. The van der Waals surface area contributed by atoms with Gasteiger partial charge in [0.05, 0.1) is 0 Å². The van der Waals surface area contributed by atoms with Crippen molar-refractivity contribution in [3.8, 4) is 0 Å². The largest absolute Gasteiger partial charge is 0.463 e. The molecule has 0 aliphatic rings. The van der Waals surface area contributed by atoms with E-state index in [0.717, 1.165) is 5.56 Å². The third kappa shape index (κ3) is 5.25. The van der Waals surface area contributed by atoms with Crippen LogP contribution in [0.1, 0.15) is 45.6 Å². The van der Waals surface area contributed by atoms with Gasteiger partial charge < -0.3 is 14.5 Å². The molecule has 1 rings (SSSR count). The predicted molar refractivity (Wildman–Crippen MR) is 111 cm³/mol. The number of carbonyl (C=O) groups excluding carboxylic acids is 1. The molecular weight excluding hydrogens is 344 g/mol. The second-order valence-corrected chi connectivity index (χ2v) is 8.27. The summed E-state index contributed by atoms with van der Waals surface area (Å²) >= 11 is 4.51. The maximum absolute atomic E-state index is 13.1. The number of nitrogens with zero attached hydrogens (tertiary/aromatic N) is 2. The smallest absolute Gasteiger partial charge is 0.320 e. The molecule has 0 radical (unpaired) electrons. The zero-order valence-corrected chi connectivity index (χ0v) is 17.7. The van der Waals surface area contributed by atoms with Crippen LogP contribution >= 0.6 is 12.6 Å². The Hall–Kier alpha value is -1.51. The van der Waals surface area contributed by atoms with Crippen molar-refractivity contribution in [2.45, 2.75) is 51.6 Å². The van der Waals surface area contributed by atoms with Gasteiger partial charge in [0.15, 0.2) is 0 Å². The van der Waals surface area contributed by atoms with Crippen LogP contribution in [-0.2, 0) is 9.53 Å². The predicted octanol–water partition coefficient (Wildman–Crippen LogP) is 4.29. The lowest BCUT2D eigenvalue weighted by Gasteiger charge is -2.36. The zero-order chi connectivity index (χ0) is 20.0. The van der Waals surface area contributed by atoms with Gasteiger partial charge in [0.1, 0.15) is 12.0 Å². The van der Waals surface area contributed by atoms with E-state index in [4.69, 9.17) is 11.3 Å². The van der Waals surface area contributed by atoms with Crippen molar-refractivity contribution in [2.75, 3.05) is 26.5 Å². The Morgan fingerprint density at radius 2 is 1.85 bits per heavy atom. The van der Waals surface area contributed by atoms with Crippen LogP contribution in [0, 0.1) is 12.0 Å². The van der Waals surface area contributed by atoms with Gasteiger partial charge in [-0.1, -0.05) is 30.3 Å². The highest BCUT2D eigenvalue weighted by atomic mass is 32.1. The summed E-state index contributed by atoms with van der Waals surface area (Å²) < 4.78 is 5.65. The number of esters is 1. The molecule has 5 heteroatoms. The third-order valence-electron chi connectivity index (χ3n) is 5.56. The molecule has 0 aliphatic heterocycles. The lowest BCUT2D eigenvalue weighted by molar-refractivity contribution is -0.159. The van der Waals surface area contributed by atoms with Crippen molar-refractivity contribution >= 4 is 18.6 Å². The quantitative estimate of drug-likeness (QED) is 0.397. The molecule has 0 saturated heterocycles. The van der Waals surface area contributed by atoms with Crippen molar-refractivity contribution in [2.24, 2.45) is 5.41 Å². The number of thiol groups is 1. The number of likely N-dealkylation sites (N-methyl/N-ethyl adjacent to an activating group) is 1. The number of benzene rings is 1. The van der Waals surface area contributed by atoms with Gasteiger partial charge in [0.2, 0.25) is 5.54 Å². The van der Waals surface area contributed by atoms with Gasteiger partial charge >= 0.3 is 5.97 Å².